The molecule has 0 unspecified atom stereocenters. The number of hydrogen-bond acceptors (Lipinski definition) is 5. The summed E-state index contributed by atoms with van der Waals surface area (Å²) in [6.07, 6.45) is 5.00. The Morgan fingerprint density at radius 3 is 2.52 bits per heavy atom. The minimum Gasteiger partial charge on any atom is -0.496 e. The Kier molecular flexibility index (Phi) is 4.38. The van der Waals surface area contributed by atoms with Gasteiger partial charge in [-0.25, -0.2) is 13.1 Å². The Labute approximate surface area is 181 Å². The maximum atomic E-state index is 13.3. The standard InChI is InChI=1S/C24H24N2O4S/c1-23(10-11-23)16-8-9-20(30-2)18(15-16)24(12-13-24)22(27)26-31(28,29)21-7-3-6-19-17(21)5-4-14-25-19/h3-9,14-15H,10-13H2,1-2H3,(H,26,27). The van der Waals surface area contributed by atoms with E-state index in [-0.39, 0.29) is 10.3 Å². The number of sulfonamides is 1. The Morgan fingerprint density at radius 1 is 1.06 bits per heavy atom. The topological polar surface area (TPSA) is 85.4 Å². The van der Waals surface area contributed by atoms with Gasteiger partial charge in [-0.3, -0.25) is 9.78 Å². The van der Waals surface area contributed by atoms with E-state index in [1.807, 2.05) is 18.2 Å². The van der Waals surface area contributed by atoms with E-state index < -0.39 is 21.3 Å². The van der Waals surface area contributed by atoms with Crippen LogP contribution in [0.25, 0.3) is 10.9 Å². The fourth-order valence-corrected chi connectivity index (χ4v) is 5.53. The van der Waals surface area contributed by atoms with Gasteiger partial charge in [0.05, 0.1) is 22.9 Å². The second-order valence-electron chi connectivity index (χ2n) is 8.82. The molecule has 2 saturated carbocycles. The van der Waals surface area contributed by atoms with Gasteiger partial charge in [-0.15, -0.1) is 0 Å². The van der Waals surface area contributed by atoms with E-state index in [2.05, 4.69) is 16.6 Å². The highest BCUT2D eigenvalue weighted by atomic mass is 32.2. The van der Waals surface area contributed by atoms with Crippen molar-refractivity contribution < 1.29 is 17.9 Å². The molecule has 5 rings (SSSR count). The van der Waals surface area contributed by atoms with Crippen LogP contribution in [0, 0.1) is 0 Å². The number of carbonyl (C=O) groups is 1. The van der Waals surface area contributed by atoms with E-state index in [0.717, 1.165) is 18.4 Å². The smallest absolute Gasteiger partial charge is 0.264 e. The number of fused-ring (bicyclic) bond motifs is 1. The number of carbonyl (C=O) groups excluding carboxylic acids is 1. The molecule has 160 valence electrons. The molecule has 7 heteroatoms. The van der Waals surface area contributed by atoms with Gasteiger partial charge in [0.1, 0.15) is 5.75 Å². The minimum absolute atomic E-state index is 0.0495. The van der Waals surface area contributed by atoms with Crippen molar-refractivity contribution >= 4 is 26.8 Å². The normalized spacial score (nSPS) is 18.4. The average molecular weight is 437 g/mol. The monoisotopic (exact) mass is 436 g/mol. The average Bonchev–Trinajstić information content (AvgIpc) is 3.69. The first-order valence-corrected chi connectivity index (χ1v) is 11.9. The van der Waals surface area contributed by atoms with Crippen molar-refractivity contribution in [2.75, 3.05) is 7.11 Å². The van der Waals surface area contributed by atoms with E-state index in [1.165, 1.54) is 11.6 Å². The first-order valence-electron chi connectivity index (χ1n) is 10.4. The van der Waals surface area contributed by atoms with Crippen molar-refractivity contribution in [3.8, 4) is 5.75 Å². The van der Waals surface area contributed by atoms with Crippen LogP contribution in [0.5, 0.6) is 5.75 Å². The molecule has 6 nitrogen and oxygen atoms in total. The van der Waals surface area contributed by atoms with E-state index in [9.17, 15) is 13.2 Å². The molecule has 2 fully saturated rings. The molecule has 31 heavy (non-hydrogen) atoms. The molecule has 2 aromatic carbocycles. The summed E-state index contributed by atoms with van der Waals surface area (Å²) in [6.45, 7) is 2.21. The molecular weight excluding hydrogens is 412 g/mol. The summed E-state index contributed by atoms with van der Waals surface area (Å²) < 4.78 is 34.2. The summed E-state index contributed by atoms with van der Waals surface area (Å²) in [6, 6.07) is 14.2. The molecule has 1 amide bonds. The first kappa shape index (κ1) is 20.0. The molecule has 1 N–H and O–H groups in total. The van der Waals surface area contributed by atoms with Gasteiger partial charge in [-0.05, 0) is 67.0 Å². The van der Waals surface area contributed by atoms with E-state index in [0.29, 0.717) is 29.5 Å². The van der Waals surface area contributed by atoms with Crippen LogP contribution in [0.4, 0.5) is 0 Å². The summed E-state index contributed by atoms with van der Waals surface area (Å²) in [7, 11) is -2.49. The van der Waals surface area contributed by atoms with Crippen molar-refractivity contribution in [3.05, 3.63) is 65.9 Å². The van der Waals surface area contributed by atoms with E-state index in [1.54, 1.807) is 37.6 Å². The Balaban J connectivity index is 1.51. The van der Waals surface area contributed by atoms with Gasteiger partial charge in [0.15, 0.2) is 0 Å². The second-order valence-corrected chi connectivity index (χ2v) is 10.5. The Hall–Kier alpha value is -2.93. The zero-order valence-electron chi connectivity index (χ0n) is 17.5. The van der Waals surface area contributed by atoms with Crippen LogP contribution >= 0.6 is 0 Å². The predicted octanol–water partition coefficient (Wildman–Crippen LogP) is 3.83. The molecule has 3 aromatic rings. The largest absolute Gasteiger partial charge is 0.496 e. The third kappa shape index (κ3) is 3.28. The van der Waals surface area contributed by atoms with Crippen LogP contribution in [0.15, 0.2) is 59.6 Å². The maximum absolute atomic E-state index is 13.3. The van der Waals surface area contributed by atoms with Gasteiger partial charge in [0.25, 0.3) is 10.0 Å². The fraction of sp³-hybridized carbons (Fsp3) is 0.333. The van der Waals surface area contributed by atoms with Gasteiger partial charge in [-0.2, -0.15) is 0 Å². The zero-order chi connectivity index (χ0) is 21.9. The lowest BCUT2D eigenvalue weighted by Crippen LogP contribution is -2.39. The number of methoxy groups -OCH3 is 1. The lowest BCUT2D eigenvalue weighted by Gasteiger charge is -2.21. The van der Waals surface area contributed by atoms with Crippen molar-refractivity contribution in [2.24, 2.45) is 0 Å². The van der Waals surface area contributed by atoms with Crippen LogP contribution in [0.3, 0.4) is 0 Å². The Bertz CT molecular complexity index is 1300. The minimum atomic E-state index is -4.06. The molecule has 0 spiro atoms. The fourth-order valence-electron chi connectivity index (χ4n) is 4.26. The highest BCUT2D eigenvalue weighted by molar-refractivity contribution is 7.90. The van der Waals surface area contributed by atoms with Crippen LogP contribution in [0.2, 0.25) is 0 Å². The molecule has 0 aliphatic heterocycles. The number of pyridine rings is 1. The number of aromatic nitrogens is 1. The Morgan fingerprint density at radius 2 is 1.84 bits per heavy atom. The molecule has 0 atom stereocenters. The third-order valence-electron chi connectivity index (χ3n) is 6.72. The lowest BCUT2D eigenvalue weighted by atomic mass is 9.88. The highest BCUT2D eigenvalue weighted by Gasteiger charge is 2.54. The van der Waals surface area contributed by atoms with E-state index in [4.69, 9.17) is 4.74 Å². The number of ether oxygens (including phenoxy) is 1. The van der Waals surface area contributed by atoms with Crippen molar-refractivity contribution in [3.63, 3.8) is 0 Å². The molecular formula is C24H24N2O4S. The van der Waals surface area contributed by atoms with Crippen LogP contribution in [-0.4, -0.2) is 26.4 Å². The van der Waals surface area contributed by atoms with Gasteiger partial charge in [-0.1, -0.05) is 25.1 Å². The van der Waals surface area contributed by atoms with E-state index >= 15 is 0 Å². The molecule has 2 aliphatic carbocycles. The molecule has 1 aromatic heterocycles. The van der Waals surface area contributed by atoms with Crippen LogP contribution < -0.4 is 9.46 Å². The summed E-state index contributed by atoms with van der Waals surface area (Å²) in [5.74, 6) is 0.109. The number of rotatable bonds is 6. The third-order valence-corrected chi connectivity index (χ3v) is 8.11. The number of nitrogens with one attached hydrogen (secondary N) is 1. The molecule has 1 heterocycles. The number of amides is 1. The van der Waals surface area contributed by atoms with Crippen molar-refractivity contribution in [1.82, 2.24) is 9.71 Å². The van der Waals surface area contributed by atoms with Gasteiger partial charge < -0.3 is 4.74 Å². The van der Waals surface area contributed by atoms with Gasteiger partial charge in [0, 0.05) is 17.1 Å². The van der Waals surface area contributed by atoms with Gasteiger partial charge in [0.2, 0.25) is 5.91 Å². The second kappa shape index (κ2) is 6.79. The number of nitrogens with zero attached hydrogens (tertiary/aromatic N) is 1. The molecule has 0 radical (unpaired) electrons. The lowest BCUT2D eigenvalue weighted by molar-refractivity contribution is -0.121. The molecule has 2 aliphatic rings. The highest BCUT2D eigenvalue weighted by Crippen LogP contribution is 2.54. The molecule has 0 saturated heterocycles. The quantitative estimate of drug-likeness (QED) is 0.635. The number of benzene rings is 2. The number of hydrogen-bond donors (Lipinski definition) is 1. The summed E-state index contributed by atoms with van der Waals surface area (Å²) in [5, 5.41) is 0.483. The van der Waals surface area contributed by atoms with Crippen molar-refractivity contribution in [2.45, 2.75) is 48.3 Å². The SMILES string of the molecule is COc1ccc(C2(C)CC2)cc1C1(C(=O)NS(=O)(=O)c2cccc3ncccc23)CC1. The summed E-state index contributed by atoms with van der Waals surface area (Å²) in [5.41, 5.74) is 1.75. The maximum Gasteiger partial charge on any atom is 0.264 e. The summed E-state index contributed by atoms with van der Waals surface area (Å²) in [4.78, 5) is 17.6. The zero-order valence-corrected chi connectivity index (χ0v) is 18.3. The van der Waals surface area contributed by atoms with Crippen LogP contribution in [0.1, 0.15) is 43.7 Å². The molecule has 0 bridgehead atoms. The predicted molar refractivity (Wildman–Crippen MR) is 118 cm³/mol. The van der Waals surface area contributed by atoms with Gasteiger partial charge >= 0.3 is 0 Å². The first-order chi connectivity index (χ1) is 14.8. The van der Waals surface area contributed by atoms with Crippen molar-refractivity contribution in [1.29, 1.82) is 0 Å². The summed E-state index contributed by atoms with van der Waals surface area (Å²) >= 11 is 0. The van der Waals surface area contributed by atoms with Crippen LogP contribution in [-0.2, 0) is 25.6 Å².